The molecule has 0 aliphatic carbocycles. The van der Waals surface area contributed by atoms with E-state index in [2.05, 4.69) is 19.8 Å². The highest BCUT2D eigenvalue weighted by molar-refractivity contribution is 7.92. The van der Waals surface area contributed by atoms with E-state index < -0.39 is 10.0 Å². The van der Waals surface area contributed by atoms with Crippen LogP contribution >= 0.6 is 0 Å². The number of anilines is 1. The number of nitrogens with one attached hydrogen (secondary N) is 1. The van der Waals surface area contributed by atoms with Crippen LogP contribution in [0.25, 0.3) is 17.1 Å². The molecule has 0 saturated heterocycles. The average molecular weight is 419 g/mol. The Kier molecular flexibility index (Phi) is 6.75. The maximum absolute atomic E-state index is 12.3. The van der Waals surface area contributed by atoms with E-state index in [1.165, 1.54) is 7.11 Å². The summed E-state index contributed by atoms with van der Waals surface area (Å²) in [7, 11) is -2.16. The van der Waals surface area contributed by atoms with Gasteiger partial charge in [0.25, 0.3) is 0 Å². The van der Waals surface area contributed by atoms with Gasteiger partial charge in [-0.05, 0) is 18.2 Å². The second-order valence-electron chi connectivity index (χ2n) is 5.86. The minimum absolute atomic E-state index is 0.0356. The largest absolute Gasteiger partial charge is 0.481 e. The number of hydrogen-bond donors (Lipinski definition) is 2. The van der Waals surface area contributed by atoms with Crippen molar-refractivity contribution in [3.05, 3.63) is 48.8 Å². The first kappa shape index (κ1) is 20.7. The summed E-state index contributed by atoms with van der Waals surface area (Å²) in [6.07, 6.45) is 3.21. The van der Waals surface area contributed by atoms with Gasteiger partial charge in [0.05, 0.1) is 56.0 Å². The number of aromatic nitrogens is 4. The van der Waals surface area contributed by atoms with Gasteiger partial charge in [-0.25, -0.2) is 18.1 Å². The zero-order valence-corrected chi connectivity index (χ0v) is 16.5. The van der Waals surface area contributed by atoms with Crippen LogP contribution in [0.2, 0.25) is 0 Å². The van der Waals surface area contributed by atoms with Gasteiger partial charge in [-0.3, -0.25) is 9.71 Å². The molecule has 2 N–H and O–H groups in total. The maximum Gasteiger partial charge on any atom is 0.236 e. The van der Waals surface area contributed by atoms with Crippen LogP contribution in [0, 0.1) is 0 Å². The summed E-state index contributed by atoms with van der Waals surface area (Å²) in [5.74, 6) is 0.329. The van der Waals surface area contributed by atoms with Gasteiger partial charge in [0.15, 0.2) is 5.82 Å². The van der Waals surface area contributed by atoms with E-state index in [-0.39, 0.29) is 31.4 Å². The third-order valence-corrected chi connectivity index (χ3v) is 5.03. The third-order valence-electron chi connectivity index (χ3n) is 3.80. The molecule has 11 heteroatoms. The second kappa shape index (κ2) is 9.45. The Hall–Kier alpha value is -3.02. The summed E-state index contributed by atoms with van der Waals surface area (Å²) >= 11 is 0. The molecule has 154 valence electrons. The van der Waals surface area contributed by atoms with Gasteiger partial charge >= 0.3 is 0 Å². The topological polar surface area (TPSA) is 128 Å². The van der Waals surface area contributed by atoms with Crippen molar-refractivity contribution in [1.29, 1.82) is 0 Å². The van der Waals surface area contributed by atoms with Crippen molar-refractivity contribution in [2.24, 2.45) is 0 Å². The quantitative estimate of drug-likeness (QED) is 0.467. The molecule has 0 aliphatic rings. The smallest absolute Gasteiger partial charge is 0.236 e. The first-order valence-electron chi connectivity index (χ1n) is 8.73. The lowest BCUT2D eigenvalue weighted by Crippen LogP contribution is -2.21. The molecular weight excluding hydrogens is 398 g/mol. The maximum atomic E-state index is 12.3. The molecule has 0 saturated carbocycles. The fourth-order valence-electron chi connectivity index (χ4n) is 2.49. The lowest BCUT2D eigenvalue weighted by Gasteiger charge is -2.07. The van der Waals surface area contributed by atoms with E-state index in [9.17, 15) is 8.42 Å². The van der Waals surface area contributed by atoms with Crippen LogP contribution < -0.4 is 9.46 Å². The molecule has 0 aliphatic heterocycles. The van der Waals surface area contributed by atoms with Gasteiger partial charge in [-0.1, -0.05) is 6.07 Å². The van der Waals surface area contributed by atoms with Crippen LogP contribution in [-0.2, 0) is 14.8 Å². The predicted octanol–water partition coefficient (Wildman–Crippen LogP) is 1.09. The van der Waals surface area contributed by atoms with Crippen molar-refractivity contribution < 1.29 is 23.0 Å². The van der Waals surface area contributed by atoms with E-state index in [1.54, 1.807) is 47.4 Å². The average Bonchev–Trinajstić information content (AvgIpc) is 3.15. The minimum Gasteiger partial charge on any atom is -0.481 e. The molecule has 0 aromatic carbocycles. The Morgan fingerprint density at radius 1 is 1.17 bits per heavy atom. The molecule has 0 atom stereocenters. The zero-order chi connectivity index (χ0) is 20.7. The van der Waals surface area contributed by atoms with Gasteiger partial charge in [0.1, 0.15) is 0 Å². The van der Waals surface area contributed by atoms with Crippen molar-refractivity contribution >= 4 is 15.8 Å². The number of ether oxygens (including phenoxy) is 2. The van der Waals surface area contributed by atoms with Crippen LogP contribution in [0.1, 0.15) is 0 Å². The van der Waals surface area contributed by atoms with E-state index in [1.807, 2.05) is 6.07 Å². The van der Waals surface area contributed by atoms with Crippen molar-refractivity contribution in [3.8, 4) is 23.0 Å². The first-order chi connectivity index (χ1) is 14.0. The summed E-state index contributed by atoms with van der Waals surface area (Å²) in [5.41, 5.74) is 1.82. The lowest BCUT2D eigenvalue weighted by molar-refractivity contribution is 0.103. The normalized spacial score (nSPS) is 11.4. The Balaban J connectivity index is 1.90. The Morgan fingerprint density at radius 2 is 2.03 bits per heavy atom. The number of pyridine rings is 2. The van der Waals surface area contributed by atoms with E-state index in [0.29, 0.717) is 23.0 Å². The van der Waals surface area contributed by atoms with Gasteiger partial charge < -0.3 is 14.6 Å². The highest BCUT2D eigenvalue weighted by Crippen LogP contribution is 2.25. The number of aliphatic hydroxyl groups is 1. The second-order valence-corrected chi connectivity index (χ2v) is 7.70. The Labute approximate surface area is 168 Å². The fraction of sp³-hybridized carbons (Fsp3) is 0.278. The van der Waals surface area contributed by atoms with E-state index in [0.717, 1.165) is 0 Å². The van der Waals surface area contributed by atoms with Crippen molar-refractivity contribution in [2.75, 3.05) is 37.4 Å². The van der Waals surface area contributed by atoms with Crippen LogP contribution in [0.15, 0.2) is 48.8 Å². The Morgan fingerprint density at radius 3 is 2.69 bits per heavy atom. The summed E-state index contributed by atoms with van der Waals surface area (Å²) in [6.45, 7) is -0.119. The molecule has 0 spiro atoms. The molecule has 3 aromatic heterocycles. The van der Waals surface area contributed by atoms with Crippen molar-refractivity contribution in [2.45, 2.75) is 0 Å². The molecule has 0 radical (unpaired) electrons. The van der Waals surface area contributed by atoms with Gasteiger partial charge in [-0.2, -0.15) is 0 Å². The van der Waals surface area contributed by atoms with Crippen molar-refractivity contribution in [1.82, 2.24) is 19.7 Å². The standard InChI is InChI=1S/C18H21N5O5S/c1-27-18-6-5-14(13-20-18)23-16(15-4-2-3-7-19-15)12-17(21-23)22-29(25,26)11-10-28-9-8-24/h2-7,12-13,24H,8-11H2,1H3,(H,21,22). The monoisotopic (exact) mass is 419 g/mol. The SMILES string of the molecule is COc1ccc(-n2nc(NS(=O)(=O)CCOCCO)cc2-c2ccccn2)cn1. The Bertz CT molecular complexity index is 1020. The molecule has 3 aromatic rings. The summed E-state index contributed by atoms with van der Waals surface area (Å²) in [5, 5.41) is 13.1. The molecule has 0 bridgehead atoms. The predicted molar refractivity (Wildman–Crippen MR) is 106 cm³/mol. The molecule has 3 heterocycles. The number of nitrogens with zero attached hydrogens (tertiary/aromatic N) is 4. The van der Waals surface area contributed by atoms with Crippen molar-refractivity contribution in [3.63, 3.8) is 0 Å². The summed E-state index contributed by atoms with van der Waals surface area (Å²) < 4.78 is 38.7. The molecule has 0 unspecified atom stereocenters. The van der Waals surface area contributed by atoms with Crippen LogP contribution in [0.3, 0.4) is 0 Å². The number of rotatable bonds is 10. The summed E-state index contributed by atoms with van der Waals surface area (Å²) in [4.78, 5) is 8.49. The molecule has 0 fully saturated rings. The lowest BCUT2D eigenvalue weighted by atomic mass is 10.2. The van der Waals surface area contributed by atoms with Crippen LogP contribution in [-0.4, -0.2) is 66.0 Å². The van der Waals surface area contributed by atoms with Crippen LogP contribution in [0.5, 0.6) is 5.88 Å². The van der Waals surface area contributed by atoms with Gasteiger partial charge in [0, 0.05) is 18.3 Å². The van der Waals surface area contributed by atoms with Gasteiger partial charge in [0.2, 0.25) is 15.9 Å². The van der Waals surface area contributed by atoms with Gasteiger partial charge in [-0.15, -0.1) is 5.10 Å². The number of sulfonamides is 1. The molecule has 10 nitrogen and oxygen atoms in total. The van der Waals surface area contributed by atoms with E-state index >= 15 is 0 Å². The molecule has 3 rings (SSSR count). The van der Waals surface area contributed by atoms with E-state index in [4.69, 9.17) is 14.6 Å². The first-order valence-corrected chi connectivity index (χ1v) is 10.4. The minimum atomic E-state index is -3.68. The zero-order valence-electron chi connectivity index (χ0n) is 15.7. The molecule has 29 heavy (non-hydrogen) atoms. The molecular formula is C18H21N5O5S. The summed E-state index contributed by atoms with van der Waals surface area (Å²) in [6, 6.07) is 10.4. The number of methoxy groups -OCH3 is 1. The molecule has 0 amide bonds. The highest BCUT2D eigenvalue weighted by atomic mass is 32.2. The fourth-order valence-corrected chi connectivity index (χ4v) is 3.35. The number of aliphatic hydroxyl groups excluding tert-OH is 1. The van der Waals surface area contributed by atoms with Crippen LogP contribution in [0.4, 0.5) is 5.82 Å². The number of hydrogen-bond acceptors (Lipinski definition) is 8. The highest BCUT2D eigenvalue weighted by Gasteiger charge is 2.17. The third kappa shape index (κ3) is 5.50.